The first-order valence-electron chi connectivity index (χ1n) is 8.01. The van der Waals surface area contributed by atoms with Gasteiger partial charge in [0.2, 0.25) is 0 Å². The maximum absolute atomic E-state index is 14.5. The second-order valence-electron chi connectivity index (χ2n) is 6.41. The number of nitrogens with one attached hydrogen (secondary N) is 1. The van der Waals surface area contributed by atoms with Gasteiger partial charge in [-0.05, 0) is 25.2 Å². The van der Waals surface area contributed by atoms with Crippen molar-refractivity contribution in [3.63, 3.8) is 0 Å². The Hall–Kier alpha value is -1.00. The molecule has 21 heavy (non-hydrogen) atoms. The fraction of sp³-hybridized carbons (Fsp3) is 0.647. The van der Waals surface area contributed by atoms with E-state index in [0.717, 1.165) is 19.5 Å². The first-order chi connectivity index (χ1) is 10.1. The van der Waals surface area contributed by atoms with Crippen molar-refractivity contribution in [1.29, 1.82) is 0 Å². The van der Waals surface area contributed by atoms with Crippen LogP contribution in [0.15, 0.2) is 30.3 Å². The molecule has 2 aliphatic rings. The van der Waals surface area contributed by atoms with Crippen molar-refractivity contribution in [1.82, 2.24) is 10.2 Å². The molecule has 0 radical (unpaired) electrons. The highest BCUT2D eigenvalue weighted by atomic mass is 19.3. The standard InChI is InChI=1S/C17H24F2N2/c1-2-15-10-20-16(13-8-9-13)11-21(15)12-17(18,19)14-6-4-3-5-7-14/h3-7,13,15-16,20H,2,8-12H2,1H3. The quantitative estimate of drug-likeness (QED) is 0.897. The van der Waals surface area contributed by atoms with Crippen molar-refractivity contribution in [2.75, 3.05) is 19.6 Å². The summed E-state index contributed by atoms with van der Waals surface area (Å²) in [4.78, 5) is 2.01. The highest BCUT2D eigenvalue weighted by Gasteiger charge is 2.41. The van der Waals surface area contributed by atoms with Crippen LogP contribution < -0.4 is 5.32 Å². The number of halogens is 2. The summed E-state index contributed by atoms with van der Waals surface area (Å²) in [7, 11) is 0. The lowest BCUT2D eigenvalue weighted by Gasteiger charge is -2.41. The Balaban J connectivity index is 1.70. The smallest absolute Gasteiger partial charge is 0.285 e. The van der Waals surface area contributed by atoms with Crippen LogP contribution in [0.3, 0.4) is 0 Å². The van der Waals surface area contributed by atoms with E-state index in [1.807, 2.05) is 4.90 Å². The van der Waals surface area contributed by atoms with Crippen molar-refractivity contribution < 1.29 is 8.78 Å². The summed E-state index contributed by atoms with van der Waals surface area (Å²) in [5.41, 5.74) is 0.126. The zero-order chi connectivity index (χ0) is 14.9. The first-order valence-corrected chi connectivity index (χ1v) is 8.01. The maximum Gasteiger partial charge on any atom is 0.285 e. The Bertz CT molecular complexity index is 459. The van der Waals surface area contributed by atoms with Gasteiger partial charge in [-0.25, -0.2) is 0 Å². The number of alkyl halides is 2. The average Bonchev–Trinajstić information content (AvgIpc) is 3.32. The van der Waals surface area contributed by atoms with Crippen LogP contribution in [0.2, 0.25) is 0 Å². The van der Waals surface area contributed by atoms with E-state index < -0.39 is 5.92 Å². The fourth-order valence-electron chi connectivity index (χ4n) is 3.32. The Labute approximate surface area is 125 Å². The number of rotatable bonds is 5. The maximum atomic E-state index is 14.5. The van der Waals surface area contributed by atoms with Gasteiger partial charge in [0.25, 0.3) is 5.92 Å². The van der Waals surface area contributed by atoms with Crippen molar-refractivity contribution >= 4 is 0 Å². The number of benzene rings is 1. The van der Waals surface area contributed by atoms with Gasteiger partial charge in [0.15, 0.2) is 0 Å². The van der Waals surface area contributed by atoms with Crippen LogP contribution in [0.1, 0.15) is 31.7 Å². The van der Waals surface area contributed by atoms with E-state index in [9.17, 15) is 8.78 Å². The molecule has 0 amide bonds. The Kier molecular flexibility index (Phi) is 4.27. The monoisotopic (exact) mass is 294 g/mol. The normalized spacial score (nSPS) is 27.8. The number of nitrogens with zero attached hydrogens (tertiary/aromatic N) is 1. The third kappa shape index (κ3) is 3.43. The van der Waals surface area contributed by atoms with E-state index in [4.69, 9.17) is 0 Å². The van der Waals surface area contributed by atoms with Gasteiger partial charge in [0.1, 0.15) is 0 Å². The summed E-state index contributed by atoms with van der Waals surface area (Å²) >= 11 is 0. The summed E-state index contributed by atoms with van der Waals surface area (Å²) in [6.07, 6.45) is 3.41. The van der Waals surface area contributed by atoms with Crippen molar-refractivity contribution in [2.24, 2.45) is 5.92 Å². The number of piperazine rings is 1. The van der Waals surface area contributed by atoms with Gasteiger partial charge in [0, 0.05) is 30.7 Å². The highest BCUT2D eigenvalue weighted by Crippen LogP contribution is 2.36. The second kappa shape index (κ2) is 6.01. The Morgan fingerprint density at radius 1 is 1.24 bits per heavy atom. The van der Waals surface area contributed by atoms with Crippen LogP contribution in [-0.2, 0) is 5.92 Å². The molecule has 2 unspecified atom stereocenters. The van der Waals surface area contributed by atoms with Gasteiger partial charge >= 0.3 is 0 Å². The molecule has 2 atom stereocenters. The molecular weight excluding hydrogens is 270 g/mol. The molecule has 1 aliphatic carbocycles. The molecule has 116 valence electrons. The lowest BCUT2D eigenvalue weighted by Crippen LogP contribution is -2.58. The number of hydrogen-bond acceptors (Lipinski definition) is 2. The third-order valence-corrected chi connectivity index (χ3v) is 4.82. The van der Waals surface area contributed by atoms with Crippen LogP contribution in [0, 0.1) is 5.92 Å². The lowest BCUT2D eigenvalue weighted by atomic mass is 10.0. The van der Waals surface area contributed by atoms with Gasteiger partial charge in [-0.3, -0.25) is 4.90 Å². The summed E-state index contributed by atoms with van der Waals surface area (Å²) in [6, 6.07) is 8.83. The van der Waals surface area contributed by atoms with Gasteiger partial charge in [0.05, 0.1) is 6.54 Å². The summed E-state index contributed by atoms with van der Waals surface area (Å²) in [5, 5.41) is 3.55. The molecule has 3 rings (SSSR count). The van der Waals surface area contributed by atoms with Crippen molar-refractivity contribution in [2.45, 2.75) is 44.2 Å². The molecule has 0 spiro atoms. The van der Waals surface area contributed by atoms with E-state index in [-0.39, 0.29) is 18.2 Å². The Morgan fingerprint density at radius 2 is 1.95 bits per heavy atom. The van der Waals surface area contributed by atoms with E-state index in [1.54, 1.807) is 18.2 Å². The molecule has 1 heterocycles. The molecule has 4 heteroatoms. The fourth-order valence-corrected chi connectivity index (χ4v) is 3.32. The first kappa shape index (κ1) is 14.9. The summed E-state index contributed by atoms with van der Waals surface area (Å²) < 4.78 is 29.1. The van der Waals surface area contributed by atoms with Gasteiger partial charge in [-0.2, -0.15) is 8.78 Å². The van der Waals surface area contributed by atoms with Gasteiger partial charge in [-0.1, -0.05) is 37.3 Å². The molecule has 0 bridgehead atoms. The predicted octanol–water partition coefficient (Wildman–Crippen LogP) is 3.24. The predicted molar refractivity (Wildman–Crippen MR) is 80.5 cm³/mol. The molecule has 0 aromatic heterocycles. The molecular formula is C17H24F2N2. The van der Waals surface area contributed by atoms with Crippen LogP contribution in [0.5, 0.6) is 0 Å². The van der Waals surface area contributed by atoms with E-state index >= 15 is 0 Å². The molecule has 1 aromatic carbocycles. The summed E-state index contributed by atoms with van der Waals surface area (Å²) in [6.45, 7) is 3.51. The van der Waals surface area contributed by atoms with E-state index in [1.165, 1.54) is 25.0 Å². The van der Waals surface area contributed by atoms with E-state index in [2.05, 4.69) is 12.2 Å². The molecule has 1 saturated carbocycles. The van der Waals surface area contributed by atoms with Crippen molar-refractivity contribution in [3.05, 3.63) is 35.9 Å². The SMILES string of the molecule is CCC1CNC(C2CC2)CN1CC(F)(F)c1ccccc1. The third-order valence-electron chi connectivity index (χ3n) is 4.82. The van der Waals surface area contributed by atoms with Crippen LogP contribution >= 0.6 is 0 Å². The topological polar surface area (TPSA) is 15.3 Å². The molecule has 1 saturated heterocycles. The minimum atomic E-state index is -2.78. The minimum absolute atomic E-state index is 0.126. The van der Waals surface area contributed by atoms with Crippen LogP contribution in [0.4, 0.5) is 8.78 Å². The summed E-state index contributed by atoms with van der Waals surface area (Å²) in [5.74, 6) is -2.07. The largest absolute Gasteiger partial charge is 0.311 e. The van der Waals surface area contributed by atoms with Gasteiger partial charge < -0.3 is 5.32 Å². The molecule has 1 aromatic rings. The van der Waals surface area contributed by atoms with Crippen LogP contribution in [0.25, 0.3) is 0 Å². The number of hydrogen-bond donors (Lipinski definition) is 1. The molecule has 1 N–H and O–H groups in total. The zero-order valence-electron chi connectivity index (χ0n) is 12.6. The van der Waals surface area contributed by atoms with Crippen molar-refractivity contribution in [3.8, 4) is 0 Å². The minimum Gasteiger partial charge on any atom is -0.311 e. The molecule has 1 aliphatic heterocycles. The average molecular weight is 294 g/mol. The highest BCUT2D eigenvalue weighted by molar-refractivity contribution is 5.20. The van der Waals surface area contributed by atoms with E-state index in [0.29, 0.717) is 12.0 Å². The Morgan fingerprint density at radius 3 is 2.57 bits per heavy atom. The second-order valence-corrected chi connectivity index (χ2v) is 6.41. The molecule has 2 fully saturated rings. The zero-order valence-corrected chi connectivity index (χ0v) is 12.6. The van der Waals surface area contributed by atoms with Gasteiger partial charge in [-0.15, -0.1) is 0 Å². The lowest BCUT2D eigenvalue weighted by molar-refractivity contribution is -0.0575. The van der Waals surface area contributed by atoms with Crippen LogP contribution in [-0.4, -0.2) is 36.6 Å². The molecule has 2 nitrogen and oxygen atoms in total.